The van der Waals surface area contributed by atoms with E-state index in [2.05, 4.69) is 9.97 Å². The molecule has 25 heavy (non-hydrogen) atoms. The monoisotopic (exact) mass is 357 g/mol. The van der Waals surface area contributed by atoms with Crippen LogP contribution in [-0.4, -0.2) is 39.5 Å². The van der Waals surface area contributed by atoms with Crippen molar-refractivity contribution < 1.29 is 27.1 Å². The van der Waals surface area contributed by atoms with E-state index in [1.807, 2.05) is 0 Å². The minimum absolute atomic E-state index is 0.0889. The van der Waals surface area contributed by atoms with Gasteiger partial charge < -0.3 is 9.64 Å². The van der Waals surface area contributed by atoms with Gasteiger partial charge in [0.1, 0.15) is 24.4 Å². The quantitative estimate of drug-likeness (QED) is 0.764. The lowest BCUT2D eigenvalue weighted by Crippen LogP contribution is -2.43. The van der Waals surface area contributed by atoms with Crippen molar-refractivity contribution in [3.63, 3.8) is 0 Å². The molecule has 0 radical (unpaired) electrons. The van der Waals surface area contributed by atoms with Gasteiger partial charge in [-0.15, -0.1) is 0 Å². The third-order valence-corrected chi connectivity index (χ3v) is 3.17. The maximum absolute atomic E-state index is 13.6. The summed E-state index contributed by atoms with van der Waals surface area (Å²) in [6.07, 6.45) is -0.712. The number of carbonyl (C=O) groups excluding carboxylic acids is 1. The van der Waals surface area contributed by atoms with Gasteiger partial charge in [-0.3, -0.25) is 4.79 Å². The molecular weight excluding hydrogens is 342 g/mol. The van der Waals surface area contributed by atoms with Gasteiger partial charge in [-0.2, -0.15) is 13.2 Å². The molecule has 134 valence electrons. The highest BCUT2D eigenvalue weighted by Crippen LogP contribution is 2.28. The van der Waals surface area contributed by atoms with Crippen molar-refractivity contribution >= 4 is 5.91 Å². The number of carbonyl (C=O) groups is 1. The van der Waals surface area contributed by atoms with Gasteiger partial charge in [0.25, 0.3) is 5.91 Å². The summed E-state index contributed by atoms with van der Waals surface area (Å²) < 4.78 is 57.3. The van der Waals surface area contributed by atoms with Crippen molar-refractivity contribution in [3.05, 3.63) is 48.3 Å². The third-order valence-electron chi connectivity index (χ3n) is 3.17. The molecule has 2 aromatic rings. The van der Waals surface area contributed by atoms with Crippen LogP contribution in [0, 0.1) is 5.82 Å². The first-order chi connectivity index (χ1) is 11.7. The lowest BCUT2D eigenvalue weighted by molar-refractivity contribution is -0.143. The fraction of sp³-hybridized carbons (Fsp3) is 0.312. The molecule has 1 aromatic carbocycles. The Morgan fingerprint density at radius 1 is 1.24 bits per heavy atom. The van der Waals surface area contributed by atoms with Crippen LogP contribution in [-0.2, 0) is 0 Å². The standard InChI is InChI=1S/C16H15F4N3O2/c1-10(2)23(8-16(18,19)20)15(24)13-5-11(17)3-4-14(13)25-12-6-21-9-22-7-12/h3-7,9-10H,8H2,1-2H3. The Morgan fingerprint density at radius 2 is 1.88 bits per heavy atom. The van der Waals surface area contributed by atoms with Gasteiger partial charge in [-0.1, -0.05) is 0 Å². The molecule has 0 atom stereocenters. The summed E-state index contributed by atoms with van der Waals surface area (Å²) >= 11 is 0. The Labute approximate surface area is 141 Å². The number of amides is 1. The average Bonchev–Trinajstić information content (AvgIpc) is 2.53. The Morgan fingerprint density at radius 3 is 2.44 bits per heavy atom. The van der Waals surface area contributed by atoms with E-state index in [4.69, 9.17) is 4.74 Å². The Bertz CT molecular complexity index is 736. The van der Waals surface area contributed by atoms with Gasteiger partial charge in [0, 0.05) is 6.04 Å². The van der Waals surface area contributed by atoms with E-state index in [9.17, 15) is 22.4 Å². The number of halogens is 4. The second kappa shape index (κ2) is 7.45. The van der Waals surface area contributed by atoms with Crippen LogP contribution in [0.5, 0.6) is 11.5 Å². The van der Waals surface area contributed by atoms with Gasteiger partial charge in [-0.25, -0.2) is 14.4 Å². The van der Waals surface area contributed by atoms with Crippen molar-refractivity contribution in [2.45, 2.75) is 26.1 Å². The van der Waals surface area contributed by atoms with Crippen LogP contribution in [0.4, 0.5) is 17.6 Å². The molecule has 5 nitrogen and oxygen atoms in total. The molecule has 0 unspecified atom stereocenters. The predicted octanol–water partition coefficient (Wildman–Crippen LogP) is 3.82. The van der Waals surface area contributed by atoms with Crippen LogP contribution in [0.3, 0.4) is 0 Å². The molecule has 0 saturated heterocycles. The number of aromatic nitrogens is 2. The van der Waals surface area contributed by atoms with Gasteiger partial charge >= 0.3 is 6.18 Å². The highest BCUT2D eigenvalue weighted by molar-refractivity contribution is 5.97. The highest BCUT2D eigenvalue weighted by Gasteiger charge is 2.35. The number of hydrogen-bond acceptors (Lipinski definition) is 4. The van der Waals surface area contributed by atoms with E-state index >= 15 is 0 Å². The minimum atomic E-state index is -4.58. The molecule has 0 spiro atoms. The Hall–Kier alpha value is -2.71. The van der Waals surface area contributed by atoms with Gasteiger partial charge in [0.05, 0.1) is 18.0 Å². The first-order valence-corrected chi connectivity index (χ1v) is 7.27. The molecular formula is C16H15F4N3O2. The van der Waals surface area contributed by atoms with Crippen molar-refractivity contribution in [3.8, 4) is 11.5 Å². The van der Waals surface area contributed by atoms with E-state index in [-0.39, 0.29) is 17.1 Å². The fourth-order valence-corrected chi connectivity index (χ4v) is 2.06. The highest BCUT2D eigenvalue weighted by atomic mass is 19.4. The number of rotatable bonds is 5. The summed E-state index contributed by atoms with van der Waals surface area (Å²) in [5.41, 5.74) is -0.318. The van der Waals surface area contributed by atoms with Gasteiger partial charge in [0.2, 0.25) is 0 Å². The van der Waals surface area contributed by atoms with Gasteiger partial charge in [-0.05, 0) is 32.0 Å². The van der Waals surface area contributed by atoms with Crippen LogP contribution < -0.4 is 4.74 Å². The molecule has 0 saturated carbocycles. The maximum atomic E-state index is 13.6. The van der Waals surface area contributed by atoms with Crippen molar-refractivity contribution in [1.29, 1.82) is 0 Å². The van der Waals surface area contributed by atoms with Gasteiger partial charge in [0.15, 0.2) is 5.75 Å². The summed E-state index contributed by atoms with van der Waals surface area (Å²) in [4.78, 5) is 20.6. The zero-order valence-electron chi connectivity index (χ0n) is 13.4. The fourth-order valence-electron chi connectivity index (χ4n) is 2.06. The van der Waals surface area contributed by atoms with E-state index in [1.54, 1.807) is 0 Å². The van der Waals surface area contributed by atoms with Crippen LogP contribution in [0.15, 0.2) is 36.9 Å². The number of hydrogen-bond donors (Lipinski definition) is 0. The Kier molecular flexibility index (Phi) is 5.55. The zero-order valence-corrected chi connectivity index (χ0v) is 13.4. The van der Waals surface area contributed by atoms with E-state index in [1.165, 1.54) is 38.6 Å². The number of alkyl halides is 3. The van der Waals surface area contributed by atoms with Crippen LogP contribution in [0.25, 0.3) is 0 Å². The molecule has 1 heterocycles. The Balaban J connectivity index is 2.38. The number of nitrogens with zero attached hydrogens (tertiary/aromatic N) is 3. The second-order valence-electron chi connectivity index (χ2n) is 5.46. The first kappa shape index (κ1) is 18.6. The molecule has 1 amide bonds. The normalized spacial score (nSPS) is 11.5. The van der Waals surface area contributed by atoms with Crippen LogP contribution >= 0.6 is 0 Å². The number of benzene rings is 1. The molecule has 0 aliphatic carbocycles. The minimum Gasteiger partial charge on any atom is -0.453 e. The SMILES string of the molecule is CC(C)N(CC(F)(F)F)C(=O)c1cc(F)ccc1Oc1cncnc1. The van der Waals surface area contributed by atoms with Crippen molar-refractivity contribution in [2.75, 3.05) is 6.54 Å². The molecule has 1 aromatic heterocycles. The molecule has 0 fully saturated rings. The first-order valence-electron chi connectivity index (χ1n) is 7.27. The molecule has 9 heteroatoms. The van der Waals surface area contributed by atoms with Crippen LogP contribution in [0.1, 0.15) is 24.2 Å². The molecule has 0 N–H and O–H groups in total. The summed E-state index contributed by atoms with van der Waals surface area (Å²) in [6, 6.07) is 2.30. The largest absolute Gasteiger partial charge is 0.453 e. The van der Waals surface area contributed by atoms with E-state index < -0.39 is 30.5 Å². The average molecular weight is 357 g/mol. The van der Waals surface area contributed by atoms with Crippen molar-refractivity contribution in [1.82, 2.24) is 14.9 Å². The lowest BCUT2D eigenvalue weighted by atomic mass is 10.1. The lowest BCUT2D eigenvalue weighted by Gasteiger charge is -2.28. The summed E-state index contributed by atoms with van der Waals surface area (Å²) in [5, 5.41) is 0. The molecule has 0 aliphatic heterocycles. The topological polar surface area (TPSA) is 55.3 Å². The number of ether oxygens (including phenoxy) is 1. The van der Waals surface area contributed by atoms with E-state index in [0.29, 0.717) is 4.90 Å². The van der Waals surface area contributed by atoms with Crippen molar-refractivity contribution in [2.24, 2.45) is 0 Å². The summed E-state index contributed by atoms with van der Waals surface area (Å²) in [7, 11) is 0. The summed E-state index contributed by atoms with van der Waals surface area (Å²) in [6.45, 7) is 1.43. The molecule has 2 rings (SSSR count). The smallest absolute Gasteiger partial charge is 0.406 e. The zero-order chi connectivity index (χ0) is 18.6. The predicted molar refractivity (Wildman–Crippen MR) is 80.7 cm³/mol. The van der Waals surface area contributed by atoms with Crippen LogP contribution in [0.2, 0.25) is 0 Å². The maximum Gasteiger partial charge on any atom is 0.406 e. The second-order valence-corrected chi connectivity index (χ2v) is 5.46. The summed E-state index contributed by atoms with van der Waals surface area (Å²) in [5.74, 6) is -1.68. The van der Waals surface area contributed by atoms with E-state index in [0.717, 1.165) is 12.1 Å². The molecule has 0 aliphatic rings. The molecule has 0 bridgehead atoms. The third kappa shape index (κ3) is 5.13.